The molecule has 0 aromatic carbocycles. The largest absolute Gasteiger partial charge is 0.268 e. The third kappa shape index (κ3) is 1.92. The third-order valence-corrected chi connectivity index (χ3v) is 7.04. The van der Waals surface area contributed by atoms with Gasteiger partial charge in [-0.05, 0) is 32.6 Å². The summed E-state index contributed by atoms with van der Waals surface area (Å²) < 4.78 is 51.1. The molecule has 2 rings (SSSR count). The first kappa shape index (κ1) is 11.3. The van der Waals surface area contributed by atoms with E-state index in [4.69, 9.17) is 4.18 Å². The molecule has 0 aliphatic heterocycles. The Bertz CT molecular complexity index is 453. The van der Waals surface area contributed by atoms with Crippen molar-refractivity contribution < 1.29 is 21.0 Å². The minimum atomic E-state index is -3.68. The van der Waals surface area contributed by atoms with E-state index in [-0.39, 0.29) is 11.0 Å². The summed E-state index contributed by atoms with van der Waals surface area (Å²) in [5, 5.41) is -0.368. The van der Waals surface area contributed by atoms with Crippen molar-refractivity contribution in [3.8, 4) is 0 Å². The molecular weight excluding hydrogens is 240 g/mol. The highest BCUT2D eigenvalue weighted by molar-refractivity contribution is 7.95. The van der Waals surface area contributed by atoms with Crippen molar-refractivity contribution in [3.05, 3.63) is 0 Å². The second-order valence-electron chi connectivity index (χ2n) is 4.08. The average Bonchev–Trinajstić information content (AvgIpc) is 2.98. The van der Waals surface area contributed by atoms with Gasteiger partial charge < -0.3 is 0 Å². The Morgan fingerprint density at radius 2 is 1.73 bits per heavy atom. The van der Waals surface area contributed by atoms with Crippen molar-refractivity contribution in [2.45, 2.75) is 42.8 Å². The first-order valence-electron chi connectivity index (χ1n) is 5.00. The number of rotatable bonds is 5. The predicted molar refractivity (Wildman–Crippen MR) is 54.5 cm³/mol. The van der Waals surface area contributed by atoms with Gasteiger partial charge in [0.15, 0.2) is 14.8 Å². The summed E-state index contributed by atoms with van der Waals surface area (Å²) in [6.07, 6.45) is 1.90. The fraction of sp³-hybridized carbons (Fsp3) is 1.00. The minimum Gasteiger partial charge on any atom is -0.247 e. The van der Waals surface area contributed by atoms with E-state index in [0.29, 0.717) is 25.7 Å². The van der Waals surface area contributed by atoms with Crippen LogP contribution >= 0.6 is 0 Å². The second-order valence-corrected chi connectivity index (χ2v) is 8.44. The van der Waals surface area contributed by atoms with E-state index in [1.165, 1.54) is 6.92 Å². The Kier molecular flexibility index (Phi) is 2.40. The van der Waals surface area contributed by atoms with Gasteiger partial charge in [-0.15, -0.1) is 0 Å². The third-order valence-electron chi connectivity index (χ3n) is 2.77. The predicted octanol–water partition coefficient (Wildman–Crippen LogP) is 0.420. The van der Waals surface area contributed by atoms with E-state index < -0.39 is 24.9 Å². The molecule has 2 aliphatic carbocycles. The Labute approximate surface area is 89.9 Å². The van der Waals surface area contributed by atoms with Crippen molar-refractivity contribution in [1.29, 1.82) is 0 Å². The monoisotopic (exact) mass is 254 g/mol. The molecule has 0 spiro atoms. The lowest BCUT2D eigenvalue weighted by Crippen LogP contribution is -2.32. The van der Waals surface area contributed by atoms with Gasteiger partial charge in [-0.25, -0.2) is 12.6 Å². The van der Waals surface area contributed by atoms with E-state index in [9.17, 15) is 16.8 Å². The smallest absolute Gasteiger partial charge is 0.247 e. The highest BCUT2D eigenvalue weighted by Crippen LogP contribution is 2.51. The summed E-state index contributed by atoms with van der Waals surface area (Å²) in [6, 6.07) is 0. The Hall–Kier alpha value is -0.140. The van der Waals surface area contributed by atoms with Gasteiger partial charge in [0.25, 0.3) is 10.1 Å². The van der Waals surface area contributed by atoms with Gasteiger partial charge in [0.1, 0.15) is 0 Å². The number of hydrogen-bond donors (Lipinski definition) is 0. The van der Waals surface area contributed by atoms with Gasteiger partial charge in [-0.1, -0.05) is 0 Å². The SMILES string of the molecule is CCS(=O)(=O)OC1(S(=O)(=O)C2CC2)CC1. The molecule has 0 atom stereocenters. The van der Waals surface area contributed by atoms with Crippen LogP contribution in [-0.2, 0) is 24.1 Å². The van der Waals surface area contributed by atoms with Crippen molar-refractivity contribution in [3.63, 3.8) is 0 Å². The van der Waals surface area contributed by atoms with Crippen LogP contribution in [0, 0.1) is 0 Å². The van der Waals surface area contributed by atoms with Gasteiger partial charge in [0, 0.05) is 0 Å². The molecule has 0 radical (unpaired) electrons. The van der Waals surface area contributed by atoms with E-state index >= 15 is 0 Å². The van der Waals surface area contributed by atoms with Crippen molar-refractivity contribution in [1.82, 2.24) is 0 Å². The van der Waals surface area contributed by atoms with Crippen LogP contribution in [0.3, 0.4) is 0 Å². The van der Waals surface area contributed by atoms with E-state index in [2.05, 4.69) is 0 Å². The van der Waals surface area contributed by atoms with Crippen LogP contribution in [0.1, 0.15) is 32.6 Å². The molecule has 15 heavy (non-hydrogen) atoms. The summed E-state index contributed by atoms with van der Waals surface area (Å²) in [6.45, 7) is 1.44. The van der Waals surface area contributed by atoms with Crippen molar-refractivity contribution in [2.75, 3.05) is 5.75 Å². The highest BCUT2D eigenvalue weighted by atomic mass is 32.2. The molecule has 0 saturated heterocycles. The van der Waals surface area contributed by atoms with Crippen LogP contribution in [0.25, 0.3) is 0 Å². The zero-order valence-corrected chi connectivity index (χ0v) is 10.1. The quantitative estimate of drug-likeness (QED) is 0.664. The summed E-state index contributed by atoms with van der Waals surface area (Å²) in [5.41, 5.74) is 0. The number of sulfone groups is 1. The van der Waals surface area contributed by atoms with Crippen molar-refractivity contribution >= 4 is 20.0 Å². The molecule has 2 fully saturated rings. The highest BCUT2D eigenvalue weighted by Gasteiger charge is 2.63. The lowest BCUT2D eigenvalue weighted by molar-refractivity contribution is 0.262. The maximum atomic E-state index is 11.9. The maximum Gasteiger partial charge on any atom is 0.268 e. The summed E-state index contributed by atoms with van der Waals surface area (Å²) in [7, 11) is -7.08. The molecule has 2 saturated carbocycles. The maximum absolute atomic E-state index is 11.9. The Balaban J connectivity index is 2.22. The zero-order valence-electron chi connectivity index (χ0n) is 8.47. The fourth-order valence-corrected chi connectivity index (χ4v) is 4.96. The summed E-state index contributed by atoms with van der Waals surface area (Å²) in [4.78, 5) is -1.40. The summed E-state index contributed by atoms with van der Waals surface area (Å²) >= 11 is 0. The molecule has 7 heteroatoms. The van der Waals surface area contributed by atoms with Crippen LogP contribution in [0.15, 0.2) is 0 Å². The molecule has 5 nitrogen and oxygen atoms in total. The minimum absolute atomic E-state index is 0.186. The van der Waals surface area contributed by atoms with Crippen LogP contribution in [0.4, 0.5) is 0 Å². The lowest BCUT2D eigenvalue weighted by atomic mass is 10.8. The standard InChI is InChI=1S/C8H14O5S2/c1-2-14(9,10)13-8(5-6-8)15(11,12)7-3-4-7/h7H,2-6H2,1H3. The van der Waals surface area contributed by atoms with Crippen LogP contribution in [0.5, 0.6) is 0 Å². The van der Waals surface area contributed by atoms with Gasteiger partial charge in [-0.3, -0.25) is 0 Å². The second kappa shape index (κ2) is 3.18. The number of hydrogen-bond acceptors (Lipinski definition) is 5. The topological polar surface area (TPSA) is 77.5 Å². The molecule has 0 bridgehead atoms. The van der Waals surface area contributed by atoms with Gasteiger partial charge in [0.2, 0.25) is 0 Å². The molecule has 0 N–H and O–H groups in total. The first-order valence-corrected chi connectivity index (χ1v) is 8.12. The van der Waals surface area contributed by atoms with Crippen molar-refractivity contribution in [2.24, 2.45) is 0 Å². The molecule has 88 valence electrons. The molecule has 0 aromatic rings. The van der Waals surface area contributed by atoms with E-state index in [1.54, 1.807) is 0 Å². The molecule has 2 aliphatic rings. The van der Waals surface area contributed by atoms with E-state index in [1.807, 2.05) is 0 Å². The average molecular weight is 254 g/mol. The van der Waals surface area contributed by atoms with Crippen LogP contribution < -0.4 is 0 Å². The Morgan fingerprint density at radius 1 is 1.20 bits per heavy atom. The van der Waals surface area contributed by atoms with E-state index in [0.717, 1.165) is 0 Å². The molecule has 0 heterocycles. The van der Waals surface area contributed by atoms with Gasteiger partial charge in [-0.2, -0.15) is 8.42 Å². The fourth-order valence-electron chi connectivity index (χ4n) is 1.49. The lowest BCUT2D eigenvalue weighted by Gasteiger charge is -2.15. The van der Waals surface area contributed by atoms with Gasteiger partial charge >= 0.3 is 0 Å². The summed E-state index contributed by atoms with van der Waals surface area (Å²) in [5.74, 6) is -0.186. The molecular formula is C8H14O5S2. The van der Waals surface area contributed by atoms with Crippen LogP contribution in [0.2, 0.25) is 0 Å². The molecule has 0 amide bonds. The molecule has 0 aromatic heterocycles. The normalized spacial score (nSPS) is 25.1. The zero-order chi connectivity index (χ0) is 11.3. The molecule has 0 unspecified atom stereocenters. The van der Waals surface area contributed by atoms with Gasteiger partial charge in [0.05, 0.1) is 11.0 Å². The van der Waals surface area contributed by atoms with Crippen LogP contribution in [-0.4, -0.2) is 32.8 Å². The first-order chi connectivity index (χ1) is 6.83. The Morgan fingerprint density at radius 3 is 2.07 bits per heavy atom.